The van der Waals surface area contributed by atoms with Gasteiger partial charge in [0.1, 0.15) is 0 Å². The number of anilines is 3. The first-order valence-electron chi connectivity index (χ1n) is 6.15. The fourth-order valence-electron chi connectivity index (χ4n) is 1.84. The van der Waals surface area contributed by atoms with Gasteiger partial charge in [0.2, 0.25) is 5.91 Å². The van der Waals surface area contributed by atoms with Gasteiger partial charge in [0.25, 0.3) is 0 Å². The van der Waals surface area contributed by atoms with Crippen molar-refractivity contribution < 1.29 is 4.79 Å². The van der Waals surface area contributed by atoms with Gasteiger partial charge in [0.15, 0.2) is 0 Å². The van der Waals surface area contributed by atoms with Crippen molar-refractivity contribution in [1.29, 1.82) is 0 Å². The van der Waals surface area contributed by atoms with Gasteiger partial charge in [-0.05, 0) is 42.3 Å². The van der Waals surface area contributed by atoms with E-state index in [9.17, 15) is 4.79 Å². The molecule has 2 aromatic rings. The first-order chi connectivity index (χ1) is 9.10. The molecule has 0 aliphatic heterocycles. The quantitative estimate of drug-likeness (QED) is 0.735. The number of nitrogens with two attached hydrogens (primary N) is 2. The molecule has 0 radical (unpaired) electrons. The molecular formula is C15H17N3O. The third kappa shape index (κ3) is 3.04. The van der Waals surface area contributed by atoms with E-state index in [2.05, 4.69) is 24.4 Å². The normalized spacial score (nSPS) is 10.2. The summed E-state index contributed by atoms with van der Waals surface area (Å²) >= 11 is 0. The Kier molecular flexibility index (Phi) is 3.71. The Balaban J connectivity index is 2.31. The van der Waals surface area contributed by atoms with Gasteiger partial charge in [0, 0.05) is 11.3 Å². The van der Waals surface area contributed by atoms with Crippen molar-refractivity contribution in [3.05, 3.63) is 53.6 Å². The molecule has 0 aromatic heterocycles. The fourth-order valence-corrected chi connectivity index (χ4v) is 1.84. The molecule has 5 N–H and O–H groups in total. The summed E-state index contributed by atoms with van der Waals surface area (Å²) in [7, 11) is 0. The van der Waals surface area contributed by atoms with Crippen LogP contribution in [0.15, 0.2) is 42.5 Å². The van der Waals surface area contributed by atoms with Gasteiger partial charge in [-0.1, -0.05) is 19.1 Å². The van der Waals surface area contributed by atoms with E-state index in [-0.39, 0.29) is 0 Å². The Morgan fingerprint density at radius 1 is 1.21 bits per heavy atom. The summed E-state index contributed by atoms with van der Waals surface area (Å²) in [6, 6.07) is 13.0. The summed E-state index contributed by atoms with van der Waals surface area (Å²) in [5, 5.41) is 3.21. The molecule has 2 aromatic carbocycles. The van der Waals surface area contributed by atoms with Crippen molar-refractivity contribution >= 4 is 23.0 Å². The molecule has 0 saturated carbocycles. The molecule has 4 heteroatoms. The largest absolute Gasteiger partial charge is 0.397 e. The van der Waals surface area contributed by atoms with Gasteiger partial charge in [-0.25, -0.2) is 0 Å². The zero-order chi connectivity index (χ0) is 13.8. The highest BCUT2D eigenvalue weighted by molar-refractivity contribution is 5.95. The molecular weight excluding hydrogens is 238 g/mol. The van der Waals surface area contributed by atoms with Crippen LogP contribution in [0.5, 0.6) is 0 Å². The average Bonchev–Trinajstić information content (AvgIpc) is 2.41. The highest BCUT2D eigenvalue weighted by atomic mass is 16.1. The monoisotopic (exact) mass is 255 g/mol. The van der Waals surface area contributed by atoms with Crippen molar-refractivity contribution in [3.8, 4) is 0 Å². The molecule has 19 heavy (non-hydrogen) atoms. The number of benzene rings is 2. The van der Waals surface area contributed by atoms with Gasteiger partial charge < -0.3 is 16.8 Å². The van der Waals surface area contributed by atoms with E-state index in [1.54, 1.807) is 18.2 Å². The number of nitrogens with one attached hydrogen (secondary N) is 1. The topological polar surface area (TPSA) is 81.1 Å². The summed E-state index contributed by atoms with van der Waals surface area (Å²) in [6.45, 7) is 2.10. The van der Waals surface area contributed by atoms with Crippen molar-refractivity contribution in [2.45, 2.75) is 13.3 Å². The smallest absolute Gasteiger partial charge is 0.248 e. The van der Waals surface area contributed by atoms with E-state index < -0.39 is 5.91 Å². The average molecular weight is 255 g/mol. The summed E-state index contributed by atoms with van der Waals surface area (Å²) in [5.74, 6) is -0.467. The second-order valence-corrected chi connectivity index (χ2v) is 4.35. The van der Waals surface area contributed by atoms with Gasteiger partial charge >= 0.3 is 0 Å². The van der Waals surface area contributed by atoms with E-state index >= 15 is 0 Å². The molecule has 0 aliphatic carbocycles. The predicted octanol–water partition coefficient (Wildman–Crippen LogP) is 2.67. The van der Waals surface area contributed by atoms with E-state index in [1.165, 1.54) is 5.56 Å². The summed E-state index contributed by atoms with van der Waals surface area (Å²) in [4.78, 5) is 11.2. The molecule has 0 saturated heterocycles. The van der Waals surface area contributed by atoms with Crippen LogP contribution < -0.4 is 16.8 Å². The van der Waals surface area contributed by atoms with Gasteiger partial charge in [-0.15, -0.1) is 0 Å². The number of amides is 1. The second-order valence-electron chi connectivity index (χ2n) is 4.35. The number of carbonyl (C=O) groups excluding carboxylic acids is 1. The number of nitrogen functional groups attached to an aromatic ring is 1. The SMILES string of the molecule is CCc1cccc(Nc2cc(C(N)=O)ccc2N)c1. The van der Waals surface area contributed by atoms with Crippen LogP contribution in [0.4, 0.5) is 17.1 Å². The van der Waals surface area contributed by atoms with Crippen LogP contribution in [-0.2, 0) is 6.42 Å². The lowest BCUT2D eigenvalue weighted by Gasteiger charge is -2.11. The Bertz CT molecular complexity index is 608. The third-order valence-corrected chi connectivity index (χ3v) is 2.95. The molecule has 0 bridgehead atoms. The van der Waals surface area contributed by atoms with Crippen LogP contribution in [0.25, 0.3) is 0 Å². The fraction of sp³-hybridized carbons (Fsp3) is 0.133. The van der Waals surface area contributed by atoms with E-state index in [1.807, 2.05) is 12.1 Å². The number of rotatable bonds is 4. The lowest BCUT2D eigenvalue weighted by molar-refractivity contribution is 0.100. The molecule has 0 fully saturated rings. The van der Waals surface area contributed by atoms with E-state index in [4.69, 9.17) is 11.5 Å². The van der Waals surface area contributed by atoms with E-state index in [0.29, 0.717) is 16.9 Å². The number of aryl methyl sites for hydroxylation is 1. The van der Waals surface area contributed by atoms with Gasteiger partial charge in [-0.2, -0.15) is 0 Å². The Labute approximate surface area is 112 Å². The van der Waals surface area contributed by atoms with Gasteiger partial charge in [0.05, 0.1) is 11.4 Å². The minimum absolute atomic E-state index is 0.434. The van der Waals surface area contributed by atoms with Crippen molar-refractivity contribution in [2.75, 3.05) is 11.1 Å². The second kappa shape index (κ2) is 5.44. The first kappa shape index (κ1) is 13.0. The highest BCUT2D eigenvalue weighted by Gasteiger charge is 2.05. The Morgan fingerprint density at radius 2 is 2.00 bits per heavy atom. The summed E-state index contributed by atoms with van der Waals surface area (Å²) in [6.07, 6.45) is 0.965. The summed E-state index contributed by atoms with van der Waals surface area (Å²) < 4.78 is 0. The molecule has 4 nitrogen and oxygen atoms in total. The molecule has 0 aliphatic rings. The molecule has 0 unspecified atom stereocenters. The maximum absolute atomic E-state index is 11.2. The molecule has 98 valence electrons. The lowest BCUT2D eigenvalue weighted by atomic mass is 10.1. The molecule has 0 atom stereocenters. The van der Waals surface area contributed by atoms with E-state index in [0.717, 1.165) is 12.1 Å². The Hall–Kier alpha value is -2.49. The lowest BCUT2D eigenvalue weighted by Crippen LogP contribution is -2.11. The number of carbonyl (C=O) groups is 1. The number of hydrogen-bond acceptors (Lipinski definition) is 3. The third-order valence-electron chi connectivity index (χ3n) is 2.95. The highest BCUT2D eigenvalue weighted by Crippen LogP contribution is 2.25. The standard InChI is InChI=1S/C15H17N3O/c1-2-10-4-3-5-12(8-10)18-14-9-11(15(17)19)6-7-13(14)16/h3-9,18H,2,16H2,1H3,(H2,17,19). The molecule has 0 spiro atoms. The van der Waals surface area contributed by atoms with Crippen LogP contribution >= 0.6 is 0 Å². The van der Waals surface area contributed by atoms with Crippen LogP contribution in [0.1, 0.15) is 22.8 Å². The zero-order valence-corrected chi connectivity index (χ0v) is 10.8. The van der Waals surface area contributed by atoms with Crippen LogP contribution in [0.2, 0.25) is 0 Å². The summed E-state index contributed by atoms with van der Waals surface area (Å²) in [5.41, 5.74) is 15.0. The maximum Gasteiger partial charge on any atom is 0.248 e. The van der Waals surface area contributed by atoms with Crippen molar-refractivity contribution in [1.82, 2.24) is 0 Å². The van der Waals surface area contributed by atoms with Gasteiger partial charge in [-0.3, -0.25) is 4.79 Å². The minimum atomic E-state index is -0.467. The first-order valence-corrected chi connectivity index (χ1v) is 6.15. The van der Waals surface area contributed by atoms with Crippen molar-refractivity contribution in [3.63, 3.8) is 0 Å². The number of primary amides is 1. The molecule has 2 rings (SSSR count). The van der Waals surface area contributed by atoms with Crippen LogP contribution in [0, 0.1) is 0 Å². The predicted molar refractivity (Wildman–Crippen MR) is 78.5 cm³/mol. The number of hydrogen-bond donors (Lipinski definition) is 3. The minimum Gasteiger partial charge on any atom is -0.397 e. The molecule has 0 heterocycles. The van der Waals surface area contributed by atoms with Crippen LogP contribution in [0.3, 0.4) is 0 Å². The Morgan fingerprint density at radius 3 is 2.68 bits per heavy atom. The van der Waals surface area contributed by atoms with Crippen molar-refractivity contribution in [2.24, 2.45) is 5.73 Å². The van der Waals surface area contributed by atoms with Crippen LogP contribution in [-0.4, -0.2) is 5.91 Å². The maximum atomic E-state index is 11.2. The zero-order valence-electron chi connectivity index (χ0n) is 10.8. The molecule has 1 amide bonds.